The van der Waals surface area contributed by atoms with E-state index in [1.54, 1.807) is 0 Å². The summed E-state index contributed by atoms with van der Waals surface area (Å²) >= 11 is 0. The van der Waals surface area contributed by atoms with Crippen LogP contribution in [0.4, 0.5) is 8.78 Å². The number of rotatable bonds is 4. The molecule has 0 fully saturated rings. The van der Waals surface area contributed by atoms with Gasteiger partial charge in [0.25, 0.3) is 0 Å². The second-order valence-corrected chi connectivity index (χ2v) is 3.95. The van der Waals surface area contributed by atoms with Gasteiger partial charge >= 0.3 is 30.1 Å². The van der Waals surface area contributed by atoms with E-state index in [0.29, 0.717) is 0 Å². The molecule has 0 aliphatic carbocycles. The van der Waals surface area contributed by atoms with E-state index in [-0.39, 0.29) is 24.4 Å². The van der Waals surface area contributed by atoms with Crippen molar-refractivity contribution in [1.82, 2.24) is 0 Å². The maximum atomic E-state index is 12.3. The van der Waals surface area contributed by atoms with Gasteiger partial charge in [-0.2, -0.15) is 8.78 Å². The predicted molar refractivity (Wildman–Crippen MR) is 40.4 cm³/mol. The van der Waals surface area contributed by atoms with Crippen LogP contribution in [-0.2, 0) is 19.6 Å². The van der Waals surface area contributed by atoms with E-state index in [4.69, 9.17) is 0 Å². The van der Waals surface area contributed by atoms with E-state index in [9.17, 15) is 26.5 Å². The Balaban J connectivity index is 0. The molecule has 0 aromatic heterocycles. The van der Waals surface area contributed by atoms with E-state index in [0.717, 1.165) is 0 Å². The summed E-state index contributed by atoms with van der Waals surface area (Å²) in [5.41, 5.74) is -0.177. The van der Waals surface area contributed by atoms with Crippen LogP contribution in [0.25, 0.3) is 0 Å². The van der Waals surface area contributed by atoms with Crippen LogP contribution >= 0.6 is 0 Å². The molecule has 0 amide bonds. The second-order valence-electron chi connectivity index (χ2n) is 2.45. The van der Waals surface area contributed by atoms with Crippen LogP contribution in [0.2, 0.25) is 0 Å². The molecule has 0 spiro atoms. The third-order valence-electron chi connectivity index (χ3n) is 1.09. The van der Waals surface area contributed by atoms with Crippen LogP contribution < -0.4 is 18.9 Å². The van der Waals surface area contributed by atoms with Crippen LogP contribution in [-0.4, -0.2) is 30.8 Å². The van der Waals surface area contributed by atoms with Crippen LogP contribution in [0.3, 0.4) is 0 Å². The Labute approximate surface area is 97.4 Å². The molecule has 0 atom stereocenters. The molecule has 0 saturated carbocycles. The molecule has 82 valence electrons. The van der Waals surface area contributed by atoms with Crippen molar-refractivity contribution in [2.45, 2.75) is 12.2 Å². The molecule has 0 aliphatic heterocycles. The standard InChI is InChI=1S/C6H8F2O5S.Li/c1-4(2)5(9)13-3-6(7,8)14(10,11)12;/h1,3H2,2H3,(H,10,11,12);/q;+1/p-1. The molecule has 0 radical (unpaired) electrons. The minimum atomic E-state index is -5.81. The largest absolute Gasteiger partial charge is 1.00 e. The number of carbonyl (C=O) groups excluding carboxylic acids is 1. The van der Waals surface area contributed by atoms with Gasteiger partial charge in [-0.3, -0.25) is 0 Å². The number of hydrogen-bond acceptors (Lipinski definition) is 5. The molecule has 0 N–H and O–H groups in total. The molecule has 0 unspecified atom stereocenters. The molecule has 0 aliphatic rings. The van der Waals surface area contributed by atoms with E-state index in [1.807, 2.05) is 0 Å². The van der Waals surface area contributed by atoms with E-state index >= 15 is 0 Å². The van der Waals surface area contributed by atoms with Gasteiger partial charge in [0.2, 0.25) is 0 Å². The fraction of sp³-hybridized carbons (Fsp3) is 0.500. The van der Waals surface area contributed by atoms with Crippen LogP contribution in [0, 0.1) is 0 Å². The first-order valence-corrected chi connectivity index (χ1v) is 4.64. The zero-order valence-electron chi connectivity index (χ0n) is 8.12. The normalized spacial score (nSPS) is 11.5. The molecule has 15 heavy (non-hydrogen) atoms. The Morgan fingerprint density at radius 2 is 1.93 bits per heavy atom. The predicted octanol–water partition coefficient (Wildman–Crippen LogP) is -2.75. The molecule has 0 aromatic carbocycles. The summed E-state index contributed by atoms with van der Waals surface area (Å²) in [4.78, 5) is 10.6. The first-order chi connectivity index (χ1) is 6.08. The summed E-state index contributed by atoms with van der Waals surface area (Å²) in [6.45, 7) is 2.46. The number of esters is 1. The van der Waals surface area contributed by atoms with E-state index in [1.165, 1.54) is 6.92 Å². The number of halogens is 2. The zero-order valence-corrected chi connectivity index (χ0v) is 8.94. The summed E-state index contributed by atoms with van der Waals surface area (Å²) in [6.07, 6.45) is 0. The molecule has 0 aromatic rings. The van der Waals surface area contributed by atoms with E-state index in [2.05, 4.69) is 11.3 Å². The number of hydrogen-bond donors (Lipinski definition) is 0. The number of ether oxygens (including phenoxy) is 1. The molecule has 0 bridgehead atoms. The van der Waals surface area contributed by atoms with Gasteiger partial charge in [-0.1, -0.05) is 6.58 Å². The average molecular weight is 236 g/mol. The van der Waals surface area contributed by atoms with Crippen molar-refractivity contribution in [3.8, 4) is 0 Å². The second kappa shape index (κ2) is 5.60. The first-order valence-electron chi connectivity index (χ1n) is 3.24. The quantitative estimate of drug-likeness (QED) is 0.228. The first kappa shape index (κ1) is 17.0. The molecule has 0 heterocycles. The fourth-order valence-electron chi connectivity index (χ4n) is 0.345. The van der Waals surface area contributed by atoms with Crippen molar-refractivity contribution in [2.75, 3.05) is 6.61 Å². The maximum Gasteiger partial charge on any atom is 1.00 e. The summed E-state index contributed by atoms with van der Waals surface area (Å²) < 4.78 is 58.3. The molecule has 0 rings (SSSR count). The van der Waals surface area contributed by atoms with Gasteiger partial charge in [-0.15, -0.1) is 0 Å². The van der Waals surface area contributed by atoms with Gasteiger partial charge in [0.15, 0.2) is 16.7 Å². The minimum Gasteiger partial charge on any atom is -0.743 e. The van der Waals surface area contributed by atoms with Crippen molar-refractivity contribution in [3.63, 3.8) is 0 Å². The van der Waals surface area contributed by atoms with E-state index < -0.39 is 27.9 Å². The Hall–Kier alpha value is -0.423. The third kappa shape index (κ3) is 5.27. The van der Waals surface area contributed by atoms with Crippen molar-refractivity contribution in [2.24, 2.45) is 0 Å². The van der Waals surface area contributed by atoms with Crippen molar-refractivity contribution in [1.29, 1.82) is 0 Å². The van der Waals surface area contributed by atoms with Crippen molar-refractivity contribution >= 4 is 16.1 Å². The van der Waals surface area contributed by atoms with Gasteiger partial charge in [0.05, 0.1) is 0 Å². The Bertz CT molecular complexity index is 351. The molecular weight excluding hydrogens is 229 g/mol. The maximum absolute atomic E-state index is 12.3. The summed E-state index contributed by atoms with van der Waals surface area (Å²) in [6, 6.07) is 0. The monoisotopic (exact) mass is 236 g/mol. The summed E-state index contributed by atoms with van der Waals surface area (Å²) in [5, 5.41) is -4.61. The average Bonchev–Trinajstić information content (AvgIpc) is 1.97. The third-order valence-corrected chi connectivity index (χ3v) is 1.93. The molecule has 5 nitrogen and oxygen atoms in total. The van der Waals surface area contributed by atoms with Crippen LogP contribution in [0.15, 0.2) is 12.2 Å². The van der Waals surface area contributed by atoms with Gasteiger partial charge in [-0.25, -0.2) is 13.2 Å². The Morgan fingerprint density at radius 1 is 1.53 bits per heavy atom. The topological polar surface area (TPSA) is 83.5 Å². The molecule has 0 saturated heterocycles. The Kier molecular flexibility index (Phi) is 6.35. The van der Waals surface area contributed by atoms with Gasteiger partial charge in [-0.05, 0) is 6.92 Å². The van der Waals surface area contributed by atoms with Crippen LogP contribution in [0.1, 0.15) is 6.92 Å². The van der Waals surface area contributed by atoms with Crippen LogP contribution in [0.5, 0.6) is 0 Å². The Morgan fingerprint density at radius 3 is 2.20 bits per heavy atom. The van der Waals surface area contributed by atoms with Crippen molar-refractivity contribution in [3.05, 3.63) is 12.2 Å². The van der Waals surface area contributed by atoms with Gasteiger partial charge in [0, 0.05) is 5.57 Å². The summed E-state index contributed by atoms with van der Waals surface area (Å²) in [5.74, 6) is -1.19. The summed E-state index contributed by atoms with van der Waals surface area (Å²) in [7, 11) is -5.81. The fourth-order valence-corrected chi connectivity index (χ4v) is 0.548. The molecule has 9 heteroatoms. The smallest absolute Gasteiger partial charge is 0.743 e. The minimum absolute atomic E-state index is 0. The van der Waals surface area contributed by atoms with Gasteiger partial charge < -0.3 is 9.29 Å². The van der Waals surface area contributed by atoms with Crippen molar-refractivity contribution < 1.29 is 50.1 Å². The van der Waals surface area contributed by atoms with Gasteiger partial charge in [0.1, 0.15) is 0 Å². The number of carbonyl (C=O) groups is 1. The molecular formula is C6H7F2LiO5S. The SMILES string of the molecule is C=C(C)C(=O)OCC(F)(F)S(=O)(=O)[O-].[Li+]. The zero-order chi connectivity index (χ0) is 11.6. The number of alkyl halides is 2.